The zero-order valence-corrected chi connectivity index (χ0v) is 12.5. The molecule has 0 unspecified atom stereocenters. The standard InChI is InChI=1S/C10H18O4.C4H10O3/c11-9(12)7-5-3-1-2-4-6-8-10(13)14;5-1-3-7-4-2-6/h1-8H2,(H,11,12)(H,13,14);5-6H,1-4H2. The van der Waals surface area contributed by atoms with Gasteiger partial charge in [0.15, 0.2) is 0 Å². The molecule has 0 aliphatic rings. The first-order valence-corrected chi connectivity index (χ1v) is 7.27. The normalized spacial score (nSPS) is 9.81. The van der Waals surface area contributed by atoms with Crippen LogP contribution in [-0.2, 0) is 14.3 Å². The Morgan fingerprint density at radius 1 is 0.667 bits per heavy atom. The number of carboxylic acids is 2. The van der Waals surface area contributed by atoms with Crippen molar-refractivity contribution >= 4 is 11.9 Å². The Hall–Kier alpha value is -1.18. The van der Waals surface area contributed by atoms with Crippen molar-refractivity contribution in [1.29, 1.82) is 0 Å². The average molecular weight is 308 g/mol. The molecular weight excluding hydrogens is 280 g/mol. The molecular formula is C14H28O7. The molecule has 0 aromatic heterocycles. The Labute approximate surface area is 125 Å². The maximum atomic E-state index is 10.1. The van der Waals surface area contributed by atoms with Gasteiger partial charge in [-0.2, -0.15) is 0 Å². The van der Waals surface area contributed by atoms with Gasteiger partial charge >= 0.3 is 11.9 Å². The molecule has 4 N–H and O–H groups in total. The molecule has 21 heavy (non-hydrogen) atoms. The third-order valence-corrected chi connectivity index (χ3v) is 2.50. The second kappa shape index (κ2) is 18.8. The van der Waals surface area contributed by atoms with Crippen molar-refractivity contribution in [3.63, 3.8) is 0 Å². The zero-order valence-electron chi connectivity index (χ0n) is 12.5. The van der Waals surface area contributed by atoms with Gasteiger partial charge in [0.2, 0.25) is 0 Å². The minimum absolute atomic E-state index is 0.0278. The minimum Gasteiger partial charge on any atom is -0.481 e. The van der Waals surface area contributed by atoms with E-state index in [1.807, 2.05) is 0 Å². The predicted octanol–water partition coefficient (Wildman–Crippen LogP) is 1.26. The van der Waals surface area contributed by atoms with Crippen molar-refractivity contribution in [3.8, 4) is 0 Å². The van der Waals surface area contributed by atoms with Crippen LogP contribution in [0.25, 0.3) is 0 Å². The highest BCUT2D eigenvalue weighted by Gasteiger charge is 1.98. The molecule has 0 amide bonds. The summed E-state index contributed by atoms with van der Waals surface area (Å²) in [5, 5.41) is 32.9. The smallest absolute Gasteiger partial charge is 0.303 e. The molecule has 0 aliphatic heterocycles. The number of rotatable bonds is 13. The Balaban J connectivity index is 0. The summed E-state index contributed by atoms with van der Waals surface area (Å²) >= 11 is 0. The second-order valence-corrected chi connectivity index (χ2v) is 4.47. The molecule has 0 atom stereocenters. The lowest BCUT2D eigenvalue weighted by Crippen LogP contribution is -2.03. The van der Waals surface area contributed by atoms with E-state index >= 15 is 0 Å². The largest absolute Gasteiger partial charge is 0.481 e. The van der Waals surface area contributed by atoms with Gasteiger partial charge in [-0.1, -0.05) is 25.7 Å². The highest BCUT2D eigenvalue weighted by atomic mass is 16.5. The Kier molecular flexibility index (Phi) is 19.8. The predicted molar refractivity (Wildman–Crippen MR) is 77.2 cm³/mol. The Morgan fingerprint density at radius 3 is 1.29 bits per heavy atom. The number of unbranched alkanes of at least 4 members (excludes halogenated alkanes) is 5. The van der Waals surface area contributed by atoms with E-state index in [0.29, 0.717) is 13.2 Å². The van der Waals surface area contributed by atoms with Gasteiger partial charge in [0.05, 0.1) is 26.4 Å². The molecule has 0 saturated heterocycles. The van der Waals surface area contributed by atoms with E-state index in [4.69, 9.17) is 20.4 Å². The van der Waals surface area contributed by atoms with Crippen LogP contribution in [0.15, 0.2) is 0 Å². The van der Waals surface area contributed by atoms with Crippen molar-refractivity contribution in [3.05, 3.63) is 0 Å². The fourth-order valence-corrected chi connectivity index (χ4v) is 1.49. The van der Waals surface area contributed by atoms with Gasteiger partial charge < -0.3 is 25.2 Å². The number of carbonyl (C=O) groups is 2. The van der Waals surface area contributed by atoms with Crippen LogP contribution in [0.4, 0.5) is 0 Å². The molecule has 0 aromatic rings. The molecule has 7 heteroatoms. The van der Waals surface area contributed by atoms with E-state index in [0.717, 1.165) is 38.5 Å². The fraction of sp³-hybridized carbons (Fsp3) is 0.857. The van der Waals surface area contributed by atoms with Gasteiger partial charge in [-0.3, -0.25) is 9.59 Å². The molecule has 7 nitrogen and oxygen atoms in total. The van der Waals surface area contributed by atoms with Gasteiger partial charge in [-0.25, -0.2) is 0 Å². The number of aliphatic hydroxyl groups excluding tert-OH is 2. The summed E-state index contributed by atoms with van der Waals surface area (Å²) in [6.45, 7) is 0.696. The molecule has 0 spiro atoms. The number of aliphatic carboxylic acids is 2. The summed E-state index contributed by atoms with van der Waals surface area (Å²) in [6, 6.07) is 0. The number of carboxylic acid groups (broad SMARTS) is 2. The van der Waals surface area contributed by atoms with Crippen molar-refractivity contribution in [2.75, 3.05) is 26.4 Å². The fourth-order valence-electron chi connectivity index (χ4n) is 1.49. The highest BCUT2D eigenvalue weighted by Crippen LogP contribution is 2.08. The molecule has 0 fully saturated rings. The molecule has 126 valence electrons. The highest BCUT2D eigenvalue weighted by molar-refractivity contribution is 5.66. The Bertz CT molecular complexity index is 219. The van der Waals surface area contributed by atoms with E-state index in [1.165, 1.54) is 0 Å². The van der Waals surface area contributed by atoms with Crippen LogP contribution in [0.1, 0.15) is 51.4 Å². The third kappa shape index (κ3) is 27.9. The molecule has 0 saturated carbocycles. The number of hydrogen-bond acceptors (Lipinski definition) is 5. The molecule has 0 heterocycles. The quantitative estimate of drug-likeness (QED) is 0.377. The maximum absolute atomic E-state index is 10.1. The summed E-state index contributed by atoms with van der Waals surface area (Å²) in [7, 11) is 0. The zero-order chi connectivity index (χ0) is 16.3. The van der Waals surface area contributed by atoms with Crippen LogP contribution in [0.2, 0.25) is 0 Å². The summed E-state index contributed by atoms with van der Waals surface area (Å²) in [6.07, 6.45) is 5.82. The SMILES string of the molecule is O=C(O)CCCCCCCCC(=O)O.OCCOCCO. The summed E-state index contributed by atoms with van der Waals surface area (Å²) in [5.74, 6) is -1.48. The topological polar surface area (TPSA) is 124 Å². The van der Waals surface area contributed by atoms with E-state index in [2.05, 4.69) is 4.74 Å². The average Bonchev–Trinajstić information content (AvgIpc) is 2.42. The summed E-state index contributed by atoms with van der Waals surface area (Å²) < 4.78 is 4.63. The Morgan fingerprint density at radius 2 is 1.00 bits per heavy atom. The van der Waals surface area contributed by atoms with Crippen LogP contribution in [0.3, 0.4) is 0 Å². The van der Waals surface area contributed by atoms with Gasteiger partial charge in [0.1, 0.15) is 0 Å². The molecule has 0 bridgehead atoms. The van der Waals surface area contributed by atoms with Crippen LogP contribution in [0.5, 0.6) is 0 Å². The molecule has 0 radical (unpaired) electrons. The van der Waals surface area contributed by atoms with Crippen LogP contribution in [-0.4, -0.2) is 58.8 Å². The van der Waals surface area contributed by atoms with E-state index in [-0.39, 0.29) is 26.1 Å². The van der Waals surface area contributed by atoms with Crippen molar-refractivity contribution < 1.29 is 34.8 Å². The van der Waals surface area contributed by atoms with Crippen LogP contribution in [0, 0.1) is 0 Å². The third-order valence-electron chi connectivity index (χ3n) is 2.50. The lowest BCUT2D eigenvalue weighted by molar-refractivity contribution is -0.138. The van der Waals surface area contributed by atoms with Crippen molar-refractivity contribution in [2.24, 2.45) is 0 Å². The van der Waals surface area contributed by atoms with E-state index in [9.17, 15) is 9.59 Å². The summed E-state index contributed by atoms with van der Waals surface area (Å²) in [4.78, 5) is 20.3. The maximum Gasteiger partial charge on any atom is 0.303 e. The van der Waals surface area contributed by atoms with Gasteiger partial charge in [0.25, 0.3) is 0 Å². The first-order valence-electron chi connectivity index (χ1n) is 7.27. The lowest BCUT2D eigenvalue weighted by Gasteiger charge is -1.98. The number of hydrogen-bond donors (Lipinski definition) is 4. The summed E-state index contributed by atoms with van der Waals surface area (Å²) in [5.41, 5.74) is 0. The number of aliphatic hydroxyl groups is 2. The van der Waals surface area contributed by atoms with Gasteiger partial charge in [-0.05, 0) is 12.8 Å². The van der Waals surface area contributed by atoms with Crippen LogP contribution >= 0.6 is 0 Å². The minimum atomic E-state index is -0.740. The first kappa shape index (κ1) is 22.1. The molecule has 0 aromatic carbocycles. The van der Waals surface area contributed by atoms with Gasteiger partial charge in [-0.15, -0.1) is 0 Å². The van der Waals surface area contributed by atoms with Crippen molar-refractivity contribution in [2.45, 2.75) is 51.4 Å². The molecule has 0 aliphatic carbocycles. The number of ether oxygens (including phenoxy) is 1. The van der Waals surface area contributed by atoms with E-state index in [1.54, 1.807) is 0 Å². The second-order valence-electron chi connectivity index (χ2n) is 4.47. The van der Waals surface area contributed by atoms with E-state index < -0.39 is 11.9 Å². The monoisotopic (exact) mass is 308 g/mol. The molecule has 0 rings (SSSR count). The van der Waals surface area contributed by atoms with Gasteiger partial charge in [0, 0.05) is 12.8 Å². The first-order chi connectivity index (χ1) is 10.0. The van der Waals surface area contributed by atoms with Crippen molar-refractivity contribution in [1.82, 2.24) is 0 Å². The lowest BCUT2D eigenvalue weighted by atomic mass is 10.1. The van der Waals surface area contributed by atoms with Crippen LogP contribution < -0.4 is 0 Å².